The second kappa shape index (κ2) is 44.6. The fourth-order valence-corrected chi connectivity index (χ4v) is 0.177. The molecule has 0 aliphatic rings. The molecule has 0 rings (SSSR count). The lowest BCUT2D eigenvalue weighted by molar-refractivity contribution is -0.136. The Morgan fingerprint density at radius 1 is 1.12 bits per heavy atom. The number of carbonyl (C=O) groups excluding carboxylic acids is 1. The van der Waals surface area contributed by atoms with E-state index in [0.29, 0.717) is 6.42 Å². The van der Waals surface area contributed by atoms with Crippen LogP contribution in [0.15, 0.2) is 0 Å². The Balaban J connectivity index is -0.0000000395. The van der Waals surface area contributed by atoms with Gasteiger partial charge in [-0.25, -0.2) is 0 Å². The first-order valence-corrected chi connectivity index (χ1v) is 6.08. The summed E-state index contributed by atoms with van der Waals surface area (Å²) in [5.41, 5.74) is 4.50. The molecule has 2 unspecified atom stereocenters. The third-order valence-corrected chi connectivity index (χ3v) is 0.902. The Hall–Kier alpha value is -0.110. The maximum atomic E-state index is 10.1. The zero-order valence-electron chi connectivity index (χ0n) is 11.1. The molecule has 0 aliphatic carbocycles. The molecular formula is C8H24B2N2O3P2. The first-order chi connectivity index (χ1) is 8.08. The summed E-state index contributed by atoms with van der Waals surface area (Å²) in [5, 5.41) is 10.2. The van der Waals surface area contributed by atoms with E-state index in [-0.39, 0.29) is 12.3 Å². The van der Waals surface area contributed by atoms with E-state index in [9.17, 15) is 9.59 Å². The summed E-state index contributed by atoms with van der Waals surface area (Å²) < 4.78 is 0. The van der Waals surface area contributed by atoms with Crippen molar-refractivity contribution < 1.29 is 14.7 Å². The van der Waals surface area contributed by atoms with Gasteiger partial charge in [-0.3, -0.25) is 9.59 Å². The van der Waals surface area contributed by atoms with Crippen LogP contribution in [0.1, 0.15) is 26.7 Å². The van der Waals surface area contributed by atoms with Crippen LogP contribution in [0.2, 0.25) is 0 Å². The predicted molar refractivity (Wildman–Crippen MR) is 83.3 cm³/mol. The van der Waals surface area contributed by atoms with E-state index in [1.54, 1.807) is 14.0 Å². The van der Waals surface area contributed by atoms with Gasteiger partial charge in [-0.1, -0.05) is 13.8 Å². The first kappa shape index (κ1) is 30.2. The van der Waals surface area contributed by atoms with Crippen molar-refractivity contribution in [2.45, 2.75) is 26.7 Å². The molecule has 0 spiro atoms. The van der Waals surface area contributed by atoms with E-state index in [0.717, 1.165) is 0 Å². The third kappa shape index (κ3) is 88.4. The van der Waals surface area contributed by atoms with Gasteiger partial charge in [-0.15, -0.1) is 0 Å². The van der Waals surface area contributed by atoms with Crippen LogP contribution in [0.4, 0.5) is 0 Å². The van der Waals surface area contributed by atoms with E-state index >= 15 is 0 Å². The Morgan fingerprint density at radius 2 is 1.35 bits per heavy atom. The summed E-state index contributed by atoms with van der Waals surface area (Å²) in [6.07, 6.45) is 0.802. The van der Waals surface area contributed by atoms with Crippen molar-refractivity contribution in [3.63, 3.8) is 0 Å². The lowest BCUT2D eigenvalue weighted by atomic mass is 10.5. The Labute approximate surface area is 112 Å². The lowest BCUT2D eigenvalue weighted by Gasteiger charge is -1.87. The maximum absolute atomic E-state index is 10.1. The highest BCUT2D eigenvalue weighted by Gasteiger charge is 1.84. The Bertz CT molecular complexity index is 138. The normalized spacial score (nSPS) is 5.82. The number of hydrogen-bond acceptors (Lipinski definition) is 3. The molecule has 0 bridgehead atoms. The lowest BCUT2D eigenvalue weighted by Crippen LogP contribution is -2.15. The largest absolute Gasteiger partial charge is 0.481 e. The topological polar surface area (TPSA) is 92.4 Å². The van der Waals surface area contributed by atoms with Crippen LogP contribution < -0.4 is 11.1 Å². The molecule has 2 atom stereocenters. The van der Waals surface area contributed by atoms with Gasteiger partial charge in [0.1, 0.15) is 0 Å². The zero-order chi connectivity index (χ0) is 15.3. The SMILES string of the molecule is CCC(=O)NC.CCC(=O)O.CN.[B]P.[B]P. The predicted octanol–water partition coefficient (Wildman–Crippen LogP) is 0.0883. The molecule has 0 aromatic heterocycles. The second-order valence-corrected chi connectivity index (χ2v) is 1.77. The number of nitrogens with one attached hydrogen (secondary N) is 1. The summed E-state index contributed by atoms with van der Waals surface area (Å²) in [6, 6.07) is 0. The quantitative estimate of drug-likeness (QED) is 0.493. The van der Waals surface area contributed by atoms with Crippen LogP contribution in [-0.4, -0.2) is 46.2 Å². The van der Waals surface area contributed by atoms with Gasteiger partial charge in [0.2, 0.25) is 5.91 Å². The average Bonchev–Trinajstić information content (AvgIpc) is 2.45. The van der Waals surface area contributed by atoms with Gasteiger partial charge in [0, 0.05) is 19.9 Å². The van der Waals surface area contributed by atoms with Gasteiger partial charge in [0.15, 0.2) is 0 Å². The van der Waals surface area contributed by atoms with Gasteiger partial charge in [-0.2, -0.15) is 18.2 Å². The Kier molecular flexibility index (Phi) is 79.1. The summed E-state index contributed by atoms with van der Waals surface area (Å²) in [6.45, 7) is 3.42. The molecule has 100 valence electrons. The van der Waals surface area contributed by atoms with E-state index < -0.39 is 5.97 Å². The highest BCUT2D eigenvalue weighted by atomic mass is 31.0. The van der Waals surface area contributed by atoms with Crippen molar-refractivity contribution in [1.82, 2.24) is 5.32 Å². The number of carboxylic acids is 1. The minimum Gasteiger partial charge on any atom is -0.481 e. The van der Waals surface area contributed by atoms with E-state index in [4.69, 9.17) is 5.11 Å². The van der Waals surface area contributed by atoms with E-state index in [1.165, 1.54) is 7.05 Å². The van der Waals surface area contributed by atoms with Crippen LogP contribution in [-0.2, 0) is 9.59 Å². The molecule has 5 nitrogen and oxygen atoms in total. The van der Waals surface area contributed by atoms with Gasteiger partial charge >= 0.3 is 5.97 Å². The highest BCUT2D eigenvalue weighted by molar-refractivity contribution is 7.50. The monoisotopic (exact) mass is 280 g/mol. The smallest absolute Gasteiger partial charge is 0.303 e. The number of rotatable bonds is 2. The van der Waals surface area contributed by atoms with E-state index in [2.05, 4.69) is 26.2 Å². The number of hydrogen-bond donors (Lipinski definition) is 3. The van der Waals surface area contributed by atoms with Gasteiger partial charge in [0.25, 0.3) is 0 Å². The summed E-state index contributed by atoms with van der Waals surface area (Å²) in [7, 11) is 15.8. The summed E-state index contributed by atoms with van der Waals surface area (Å²) >= 11 is 0. The van der Waals surface area contributed by atoms with Crippen LogP contribution in [0.5, 0.6) is 0 Å². The molecule has 0 fully saturated rings. The van der Waals surface area contributed by atoms with Gasteiger partial charge < -0.3 is 16.2 Å². The molecule has 4 radical (unpaired) electrons. The standard InChI is InChI=1S/C4H9NO.C3H6O2.CH5N.2BH2P/c1-3-4(6)5-2;1-2-3(4)5;3*1-2/h3H2,1-2H3,(H,5,6);2H2,1H3,(H,4,5);2H2,1H3;2*2H2. The number of nitrogens with two attached hydrogens (primary N) is 1. The van der Waals surface area contributed by atoms with Crippen molar-refractivity contribution in [1.29, 1.82) is 0 Å². The molecule has 0 aliphatic heterocycles. The van der Waals surface area contributed by atoms with Crippen molar-refractivity contribution in [2.75, 3.05) is 14.1 Å². The Morgan fingerprint density at radius 3 is 1.35 bits per heavy atom. The van der Waals surface area contributed by atoms with Crippen LogP contribution in [0.3, 0.4) is 0 Å². The average molecular weight is 280 g/mol. The van der Waals surface area contributed by atoms with Crippen molar-refractivity contribution >= 4 is 45.2 Å². The molecular weight excluding hydrogens is 256 g/mol. The van der Waals surface area contributed by atoms with Crippen molar-refractivity contribution in [2.24, 2.45) is 5.73 Å². The summed E-state index contributed by atoms with van der Waals surface area (Å²) in [5.74, 6) is -0.653. The molecule has 0 heterocycles. The number of aliphatic carboxylic acids is 1. The third-order valence-electron chi connectivity index (χ3n) is 0.902. The number of amides is 1. The molecule has 0 aromatic rings. The fourth-order valence-electron chi connectivity index (χ4n) is 0.177. The molecule has 0 aromatic carbocycles. The molecule has 0 saturated heterocycles. The van der Waals surface area contributed by atoms with Crippen molar-refractivity contribution in [3.8, 4) is 0 Å². The van der Waals surface area contributed by atoms with Crippen LogP contribution in [0.25, 0.3) is 0 Å². The van der Waals surface area contributed by atoms with Crippen LogP contribution in [0, 0.1) is 0 Å². The second-order valence-electron chi connectivity index (χ2n) is 1.77. The molecule has 0 saturated carbocycles. The number of carbonyl (C=O) groups is 2. The van der Waals surface area contributed by atoms with Crippen molar-refractivity contribution in [3.05, 3.63) is 0 Å². The zero-order valence-corrected chi connectivity index (χ0v) is 13.4. The number of carboxylic acid groups (broad SMARTS) is 1. The molecule has 1 amide bonds. The van der Waals surface area contributed by atoms with Gasteiger partial charge in [0.05, 0.1) is 15.1 Å². The minimum absolute atomic E-state index is 0.0926. The summed E-state index contributed by atoms with van der Waals surface area (Å²) in [4.78, 5) is 19.4. The minimum atomic E-state index is -0.745. The fraction of sp³-hybridized carbons (Fsp3) is 0.750. The molecule has 9 heteroatoms. The maximum Gasteiger partial charge on any atom is 0.303 e. The van der Waals surface area contributed by atoms with Crippen LogP contribution >= 0.6 is 18.2 Å². The highest BCUT2D eigenvalue weighted by Crippen LogP contribution is 1.68. The molecule has 4 N–H and O–H groups in total. The molecule has 17 heavy (non-hydrogen) atoms. The van der Waals surface area contributed by atoms with Gasteiger partial charge in [-0.05, 0) is 7.05 Å². The first-order valence-electron chi connectivity index (χ1n) is 4.75. The van der Waals surface area contributed by atoms with E-state index in [1.807, 2.05) is 25.2 Å².